The summed E-state index contributed by atoms with van der Waals surface area (Å²) in [6, 6.07) is 4.91. The molecule has 3 aromatic rings. The van der Waals surface area contributed by atoms with E-state index < -0.39 is 0 Å². The molecular formula is C14H14ClFN4. The highest BCUT2D eigenvalue weighted by Gasteiger charge is 2.20. The number of hydrogen-bond acceptors (Lipinski definition) is 2. The largest absolute Gasteiger partial charge is 0.291 e. The lowest BCUT2D eigenvalue weighted by Crippen LogP contribution is -2.02. The van der Waals surface area contributed by atoms with Crippen LogP contribution in [-0.2, 0) is 7.05 Å². The van der Waals surface area contributed by atoms with Crippen molar-refractivity contribution in [1.29, 1.82) is 0 Å². The summed E-state index contributed by atoms with van der Waals surface area (Å²) in [6.45, 7) is 3.73. The van der Waals surface area contributed by atoms with E-state index in [0.717, 1.165) is 11.4 Å². The molecule has 2 aromatic heterocycles. The van der Waals surface area contributed by atoms with Crippen molar-refractivity contribution in [3.05, 3.63) is 41.7 Å². The van der Waals surface area contributed by atoms with Crippen molar-refractivity contribution in [2.45, 2.75) is 19.2 Å². The van der Waals surface area contributed by atoms with Crippen LogP contribution in [0.1, 0.15) is 23.8 Å². The van der Waals surface area contributed by atoms with Crippen LogP contribution in [0.4, 0.5) is 4.39 Å². The molecule has 0 aliphatic heterocycles. The van der Waals surface area contributed by atoms with Gasteiger partial charge < -0.3 is 0 Å². The molecule has 0 radical (unpaired) electrons. The summed E-state index contributed by atoms with van der Waals surface area (Å²) in [6.07, 6.45) is 1.88. The summed E-state index contributed by atoms with van der Waals surface area (Å²) >= 11 is 6.21. The van der Waals surface area contributed by atoms with E-state index in [4.69, 9.17) is 11.6 Å². The molecule has 4 nitrogen and oxygen atoms in total. The number of aryl methyl sites for hydroxylation is 2. The zero-order valence-corrected chi connectivity index (χ0v) is 12.2. The van der Waals surface area contributed by atoms with Gasteiger partial charge in [-0.05, 0) is 26.0 Å². The molecule has 0 aliphatic rings. The fourth-order valence-corrected chi connectivity index (χ4v) is 2.56. The molecule has 0 saturated carbocycles. The monoisotopic (exact) mass is 292 g/mol. The molecule has 1 aromatic carbocycles. The Balaban J connectivity index is 2.41. The van der Waals surface area contributed by atoms with Crippen LogP contribution in [0.5, 0.6) is 0 Å². The van der Waals surface area contributed by atoms with E-state index in [9.17, 15) is 4.39 Å². The van der Waals surface area contributed by atoms with Gasteiger partial charge in [0.05, 0.1) is 22.3 Å². The number of hydrogen-bond donors (Lipinski definition) is 0. The predicted molar refractivity (Wildman–Crippen MR) is 76.8 cm³/mol. The molecule has 3 rings (SSSR count). The molecule has 104 valence electrons. The van der Waals surface area contributed by atoms with Gasteiger partial charge in [0.15, 0.2) is 5.82 Å². The van der Waals surface area contributed by atoms with Crippen molar-refractivity contribution >= 4 is 22.6 Å². The van der Waals surface area contributed by atoms with E-state index in [0.29, 0.717) is 16.9 Å². The second-order valence-corrected chi connectivity index (χ2v) is 5.46. The lowest BCUT2D eigenvalue weighted by atomic mass is 10.3. The molecule has 0 spiro atoms. The number of rotatable bonds is 2. The molecule has 2 heterocycles. The maximum Gasteiger partial charge on any atom is 0.151 e. The first-order valence-corrected chi connectivity index (χ1v) is 6.74. The number of halogens is 2. The molecular weight excluding hydrogens is 279 g/mol. The summed E-state index contributed by atoms with van der Waals surface area (Å²) < 4.78 is 17.5. The fourth-order valence-electron chi connectivity index (χ4n) is 2.41. The van der Waals surface area contributed by atoms with E-state index in [2.05, 4.69) is 10.1 Å². The Labute approximate surface area is 120 Å². The zero-order chi connectivity index (χ0) is 14.4. The van der Waals surface area contributed by atoms with E-state index in [1.807, 2.05) is 37.7 Å². The number of aromatic nitrogens is 4. The molecule has 6 heteroatoms. The van der Waals surface area contributed by atoms with Gasteiger partial charge in [0.25, 0.3) is 0 Å². The van der Waals surface area contributed by atoms with Crippen molar-refractivity contribution < 1.29 is 4.39 Å². The molecule has 0 saturated heterocycles. The third-order valence-corrected chi connectivity index (χ3v) is 3.44. The standard InChI is InChI=1S/C14H14ClFN4/c1-8(15)14-17-13-10(16)5-4-6-11(13)20(14)12-7-19(3)18-9(12)2/h4-8H,1-3H3. The van der Waals surface area contributed by atoms with Gasteiger partial charge in [0.2, 0.25) is 0 Å². The average molecular weight is 293 g/mol. The van der Waals surface area contributed by atoms with Gasteiger partial charge in [-0.1, -0.05) is 6.07 Å². The zero-order valence-electron chi connectivity index (χ0n) is 11.4. The summed E-state index contributed by atoms with van der Waals surface area (Å²) in [5.74, 6) is 0.268. The van der Waals surface area contributed by atoms with Crippen LogP contribution in [0.3, 0.4) is 0 Å². The summed E-state index contributed by atoms with van der Waals surface area (Å²) in [4.78, 5) is 4.36. The van der Waals surface area contributed by atoms with Gasteiger partial charge in [-0.2, -0.15) is 5.10 Å². The minimum absolute atomic E-state index is 0.332. The number of alkyl halides is 1. The Morgan fingerprint density at radius 3 is 2.70 bits per heavy atom. The number of nitrogens with zero attached hydrogens (tertiary/aromatic N) is 4. The minimum atomic E-state index is -0.346. The molecule has 0 aliphatic carbocycles. The molecule has 1 unspecified atom stereocenters. The van der Waals surface area contributed by atoms with E-state index in [-0.39, 0.29) is 11.2 Å². The molecule has 20 heavy (non-hydrogen) atoms. The van der Waals surface area contributed by atoms with Crippen molar-refractivity contribution in [3.63, 3.8) is 0 Å². The quantitative estimate of drug-likeness (QED) is 0.678. The van der Waals surface area contributed by atoms with Crippen LogP contribution in [0.25, 0.3) is 16.7 Å². The minimum Gasteiger partial charge on any atom is -0.291 e. The molecule has 0 bridgehead atoms. The number of fused-ring (bicyclic) bond motifs is 1. The van der Waals surface area contributed by atoms with Crippen LogP contribution in [0, 0.1) is 12.7 Å². The van der Waals surface area contributed by atoms with Crippen molar-refractivity contribution in [2.24, 2.45) is 7.05 Å². The first-order chi connectivity index (χ1) is 9.49. The SMILES string of the molecule is Cc1nn(C)cc1-n1c(C(C)Cl)nc2c(F)cccc21. The fraction of sp³-hybridized carbons (Fsp3) is 0.286. The van der Waals surface area contributed by atoms with E-state index in [1.165, 1.54) is 6.07 Å². The van der Waals surface area contributed by atoms with Crippen LogP contribution >= 0.6 is 11.6 Å². The topological polar surface area (TPSA) is 35.6 Å². The van der Waals surface area contributed by atoms with Crippen LogP contribution in [0.2, 0.25) is 0 Å². The molecule has 0 amide bonds. The Bertz CT molecular complexity index is 788. The highest BCUT2D eigenvalue weighted by Crippen LogP contribution is 2.30. The maximum absolute atomic E-state index is 13.9. The first-order valence-electron chi connectivity index (χ1n) is 6.30. The van der Waals surface area contributed by atoms with Crippen LogP contribution in [0.15, 0.2) is 24.4 Å². The van der Waals surface area contributed by atoms with E-state index >= 15 is 0 Å². The van der Waals surface area contributed by atoms with Crippen LogP contribution in [-0.4, -0.2) is 19.3 Å². The van der Waals surface area contributed by atoms with Gasteiger partial charge >= 0.3 is 0 Å². The normalized spacial score (nSPS) is 13.1. The Hall–Kier alpha value is -1.88. The number of imidazole rings is 1. The second-order valence-electron chi connectivity index (χ2n) is 4.80. The predicted octanol–water partition coefficient (Wildman–Crippen LogP) is 3.51. The summed E-state index contributed by atoms with van der Waals surface area (Å²) in [7, 11) is 1.85. The third kappa shape index (κ3) is 1.89. The van der Waals surface area contributed by atoms with Crippen molar-refractivity contribution in [3.8, 4) is 5.69 Å². The van der Waals surface area contributed by atoms with Crippen LogP contribution < -0.4 is 0 Å². The highest BCUT2D eigenvalue weighted by atomic mass is 35.5. The first kappa shape index (κ1) is 13.1. The number of para-hydroxylation sites is 1. The molecule has 0 N–H and O–H groups in total. The van der Waals surface area contributed by atoms with Gasteiger partial charge in [0.1, 0.15) is 11.3 Å². The Kier molecular flexibility index (Phi) is 3.01. The van der Waals surface area contributed by atoms with Crippen molar-refractivity contribution in [1.82, 2.24) is 19.3 Å². The van der Waals surface area contributed by atoms with Gasteiger partial charge in [-0.3, -0.25) is 9.25 Å². The molecule has 1 atom stereocenters. The highest BCUT2D eigenvalue weighted by molar-refractivity contribution is 6.20. The van der Waals surface area contributed by atoms with Crippen molar-refractivity contribution in [2.75, 3.05) is 0 Å². The Morgan fingerprint density at radius 2 is 2.10 bits per heavy atom. The lowest BCUT2D eigenvalue weighted by Gasteiger charge is -2.09. The second kappa shape index (κ2) is 4.59. The maximum atomic E-state index is 13.9. The smallest absolute Gasteiger partial charge is 0.151 e. The summed E-state index contributed by atoms with van der Waals surface area (Å²) in [5, 5.41) is 4.00. The third-order valence-electron chi connectivity index (χ3n) is 3.25. The number of benzene rings is 1. The van der Waals surface area contributed by atoms with Gasteiger partial charge in [0, 0.05) is 13.2 Å². The summed E-state index contributed by atoms with van der Waals surface area (Å²) in [5.41, 5.74) is 2.74. The molecule has 0 fully saturated rings. The Morgan fingerprint density at radius 1 is 1.35 bits per heavy atom. The average Bonchev–Trinajstić information content (AvgIpc) is 2.90. The van der Waals surface area contributed by atoms with Gasteiger partial charge in [-0.25, -0.2) is 9.37 Å². The lowest BCUT2D eigenvalue weighted by molar-refractivity contribution is 0.637. The van der Waals surface area contributed by atoms with Gasteiger partial charge in [-0.15, -0.1) is 11.6 Å². The van der Waals surface area contributed by atoms with E-state index in [1.54, 1.807) is 10.7 Å².